The molecule has 0 spiro atoms. The lowest BCUT2D eigenvalue weighted by atomic mass is 10.2. The fourth-order valence-electron chi connectivity index (χ4n) is 1.63. The van der Waals surface area contributed by atoms with Crippen LogP contribution in [0.2, 0.25) is 0 Å². The van der Waals surface area contributed by atoms with E-state index in [4.69, 9.17) is 4.74 Å². The Morgan fingerprint density at radius 2 is 1.82 bits per heavy atom. The molecule has 0 unspecified atom stereocenters. The predicted molar refractivity (Wildman–Crippen MR) is 62.7 cm³/mol. The van der Waals surface area contributed by atoms with Crippen LogP contribution in [-0.2, 0) is 11.3 Å². The van der Waals surface area contributed by atoms with Crippen LogP contribution in [-0.4, -0.2) is 25.7 Å². The van der Waals surface area contributed by atoms with Crippen molar-refractivity contribution >= 4 is 5.97 Å². The van der Waals surface area contributed by atoms with Gasteiger partial charge in [0.15, 0.2) is 0 Å². The van der Waals surface area contributed by atoms with Gasteiger partial charge in [-0.25, -0.2) is 0 Å². The maximum Gasteiger partial charge on any atom is 0.128 e. The van der Waals surface area contributed by atoms with E-state index in [1.807, 2.05) is 12.1 Å². The topological polar surface area (TPSA) is 53.8 Å². The van der Waals surface area contributed by atoms with E-state index in [2.05, 4.69) is 13.8 Å². The Morgan fingerprint density at radius 3 is 2.29 bits per heavy atom. The Balaban J connectivity index is 2.52. The molecule has 1 rings (SSSR count). The number of quaternary nitrogens is 1. The van der Waals surface area contributed by atoms with Crippen LogP contribution in [0.15, 0.2) is 24.3 Å². The molecule has 0 aliphatic heterocycles. The third-order valence-electron chi connectivity index (χ3n) is 2.73. The lowest BCUT2D eigenvalue weighted by molar-refractivity contribution is -0.910. The number of rotatable bonds is 7. The molecule has 0 atom stereocenters. The summed E-state index contributed by atoms with van der Waals surface area (Å²) in [6.07, 6.45) is 0. The van der Waals surface area contributed by atoms with Gasteiger partial charge in [0.25, 0.3) is 0 Å². The largest absolute Gasteiger partial charge is 0.546 e. The van der Waals surface area contributed by atoms with Gasteiger partial charge in [-0.2, -0.15) is 0 Å². The molecule has 0 aromatic heterocycles. The second kappa shape index (κ2) is 6.91. The lowest BCUT2D eigenvalue weighted by Gasteiger charge is -2.15. The van der Waals surface area contributed by atoms with Crippen molar-refractivity contribution in [1.29, 1.82) is 0 Å². The molecule has 0 amide bonds. The number of carboxylic acids is 1. The summed E-state index contributed by atoms with van der Waals surface area (Å²) in [6, 6.07) is 7.52. The smallest absolute Gasteiger partial charge is 0.128 e. The van der Waals surface area contributed by atoms with Gasteiger partial charge in [-0.15, -0.1) is 0 Å². The summed E-state index contributed by atoms with van der Waals surface area (Å²) in [5.41, 5.74) is 1.23. The van der Waals surface area contributed by atoms with Gasteiger partial charge in [-0.1, -0.05) is 0 Å². The summed E-state index contributed by atoms with van der Waals surface area (Å²) in [7, 11) is 0. The molecule has 17 heavy (non-hydrogen) atoms. The second-order valence-corrected chi connectivity index (χ2v) is 3.94. The quantitative estimate of drug-likeness (QED) is 0.678. The summed E-state index contributed by atoms with van der Waals surface area (Å²) >= 11 is 0. The predicted octanol–water partition coefficient (Wildman–Crippen LogP) is -0.760. The molecule has 1 aromatic rings. The van der Waals surface area contributed by atoms with E-state index in [1.165, 1.54) is 10.5 Å². The minimum atomic E-state index is -1.21. The van der Waals surface area contributed by atoms with Crippen molar-refractivity contribution in [1.82, 2.24) is 0 Å². The number of nitrogens with one attached hydrogen (secondary N) is 1. The van der Waals surface area contributed by atoms with Crippen molar-refractivity contribution in [3.8, 4) is 5.75 Å². The molecule has 1 aromatic carbocycles. The molecule has 0 aliphatic carbocycles. The highest BCUT2D eigenvalue weighted by atomic mass is 16.5. The van der Waals surface area contributed by atoms with Gasteiger partial charge < -0.3 is 19.5 Å². The van der Waals surface area contributed by atoms with Gasteiger partial charge in [-0.3, -0.25) is 0 Å². The summed E-state index contributed by atoms with van der Waals surface area (Å²) in [5.74, 6) is -0.644. The molecule has 1 N–H and O–H groups in total. The molecular weight excluding hydrogens is 218 g/mol. The number of carbonyl (C=O) groups is 1. The van der Waals surface area contributed by atoms with Gasteiger partial charge in [0.1, 0.15) is 18.9 Å². The molecule has 0 saturated carbocycles. The summed E-state index contributed by atoms with van der Waals surface area (Å²) in [6.45, 7) is 7.10. The van der Waals surface area contributed by atoms with Crippen LogP contribution < -0.4 is 14.7 Å². The first-order valence-electron chi connectivity index (χ1n) is 5.90. The first kappa shape index (κ1) is 13.5. The Morgan fingerprint density at radius 1 is 1.24 bits per heavy atom. The average Bonchev–Trinajstić information content (AvgIpc) is 2.34. The Hall–Kier alpha value is -1.55. The number of carbonyl (C=O) groups excluding carboxylic acids is 1. The molecular formula is C13H19NO3. The van der Waals surface area contributed by atoms with Crippen LogP contribution in [0.5, 0.6) is 5.75 Å². The zero-order valence-electron chi connectivity index (χ0n) is 10.4. The Labute approximate surface area is 102 Å². The highest BCUT2D eigenvalue weighted by molar-refractivity contribution is 5.66. The number of ether oxygens (including phenoxy) is 1. The fraction of sp³-hybridized carbons (Fsp3) is 0.462. The van der Waals surface area contributed by atoms with E-state index in [0.717, 1.165) is 19.6 Å². The Bertz CT molecular complexity index is 344. The number of aliphatic carboxylic acids is 1. The minimum absolute atomic E-state index is 0.402. The van der Waals surface area contributed by atoms with Crippen molar-refractivity contribution < 1.29 is 19.5 Å². The highest BCUT2D eigenvalue weighted by Gasteiger charge is 2.04. The van der Waals surface area contributed by atoms with Crippen LogP contribution in [0.4, 0.5) is 0 Å². The SMILES string of the molecule is CC[NH+](CC)Cc1ccc(OCC(=O)[O-])cc1. The van der Waals surface area contributed by atoms with E-state index in [1.54, 1.807) is 12.1 Å². The zero-order valence-corrected chi connectivity index (χ0v) is 10.4. The van der Waals surface area contributed by atoms with Crippen molar-refractivity contribution in [2.75, 3.05) is 19.7 Å². The number of hydrogen-bond acceptors (Lipinski definition) is 3. The summed E-state index contributed by atoms with van der Waals surface area (Å²) < 4.78 is 5.01. The number of hydrogen-bond donors (Lipinski definition) is 1. The highest BCUT2D eigenvalue weighted by Crippen LogP contribution is 2.11. The Kier molecular flexibility index (Phi) is 5.49. The molecule has 94 valence electrons. The van der Waals surface area contributed by atoms with Crippen LogP contribution in [0.1, 0.15) is 19.4 Å². The molecule has 4 heteroatoms. The fourth-order valence-corrected chi connectivity index (χ4v) is 1.63. The first-order valence-corrected chi connectivity index (χ1v) is 5.90. The maximum atomic E-state index is 10.2. The molecule has 0 bridgehead atoms. The average molecular weight is 237 g/mol. The van der Waals surface area contributed by atoms with Crippen LogP contribution >= 0.6 is 0 Å². The van der Waals surface area contributed by atoms with Crippen molar-refractivity contribution in [3.05, 3.63) is 29.8 Å². The van der Waals surface area contributed by atoms with Gasteiger partial charge in [-0.05, 0) is 38.1 Å². The molecule has 0 heterocycles. The number of benzene rings is 1. The summed E-state index contributed by atoms with van der Waals surface area (Å²) in [5, 5.41) is 10.2. The molecule has 0 radical (unpaired) electrons. The van der Waals surface area contributed by atoms with Gasteiger partial charge >= 0.3 is 0 Å². The van der Waals surface area contributed by atoms with Gasteiger partial charge in [0, 0.05) is 5.56 Å². The van der Waals surface area contributed by atoms with Crippen molar-refractivity contribution in [3.63, 3.8) is 0 Å². The van der Waals surface area contributed by atoms with Crippen LogP contribution in [0.25, 0.3) is 0 Å². The number of carboxylic acid groups (broad SMARTS) is 1. The molecule has 0 fully saturated rings. The second-order valence-electron chi connectivity index (χ2n) is 3.94. The maximum absolute atomic E-state index is 10.2. The molecule has 4 nitrogen and oxygen atoms in total. The monoisotopic (exact) mass is 237 g/mol. The van der Waals surface area contributed by atoms with Crippen LogP contribution in [0.3, 0.4) is 0 Å². The van der Waals surface area contributed by atoms with Crippen molar-refractivity contribution in [2.24, 2.45) is 0 Å². The lowest BCUT2D eigenvalue weighted by Crippen LogP contribution is -3.10. The minimum Gasteiger partial charge on any atom is -0.546 e. The zero-order chi connectivity index (χ0) is 12.7. The van der Waals surface area contributed by atoms with Crippen LogP contribution in [0, 0.1) is 0 Å². The van der Waals surface area contributed by atoms with Gasteiger partial charge in [0.05, 0.1) is 19.1 Å². The third-order valence-corrected chi connectivity index (χ3v) is 2.73. The third kappa shape index (κ3) is 4.87. The van der Waals surface area contributed by atoms with E-state index >= 15 is 0 Å². The summed E-state index contributed by atoms with van der Waals surface area (Å²) in [4.78, 5) is 11.7. The van der Waals surface area contributed by atoms with E-state index in [-0.39, 0.29) is 0 Å². The molecule has 0 saturated heterocycles. The van der Waals surface area contributed by atoms with E-state index < -0.39 is 12.6 Å². The van der Waals surface area contributed by atoms with Gasteiger partial charge in [0.2, 0.25) is 0 Å². The van der Waals surface area contributed by atoms with E-state index in [9.17, 15) is 9.90 Å². The first-order chi connectivity index (χ1) is 8.15. The normalized spacial score (nSPS) is 10.5. The van der Waals surface area contributed by atoms with Crippen molar-refractivity contribution in [2.45, 2.75) is 20.4 Å². The molecule has 0 aliphatic rings. The van der Waals surface area contributed by atoms with E-state index in [0.29, 0.717) is 5.75 Å². The standard InChI is InChI=1S/C13H19NO3/c1-3-14(4-2)9-11-5-7-12(8-6-11)17-10-13(15)16/h5-8H,3-4,9-10H2,1-2H3,(H,15,16).